The van der Waals surface area contributed by atoms with Crippen LogP contribution in [0.5, 0.6) is 0 Å². The number of carbonyl (C=O) groups excluding carboxylic acids is 1. The van der Waals surface area contributed by atoms with Gasteiger partial charge < -0.3 is 10.0 Å². The predicted molar refractivity (Wildman–Crippen MR) is 81.4 cm³/mol. The van der Waals surface area contributed by atoms with Crippen molar-refractivity contribution in [2.24, 2.45) is 5.92 Å². The van der Waals surface area contributed by atoms with Crippen molar-refractivity contribution in [3.63, 3.8) is 0 Å². The minimum atomic E-state index is -0.557. The van der Waals surface area contributed by atoms with Crippen LogP contribution >= 0.6 is 0 Å². The molecule has 0 aliphatic rings. The van der Waals surface area contributed by atoms with Crippen LogP contribution in [-0.2, 0) is 0 Å². The third-order valence-electron chi connectivity index (χ3n) is 3.30. The molecule has 1 rings (SSSR count). The number of aliphatic hydroxyl groups is 1. The third-order valence-corrected chi connectivity index (χ3v) is 3.30. The first-order valence-corrected chi connectivity index (χ1v) is 7.03. The number of rotatable bonds is 4. The van der Waals surface area contributed by atoms with Crippen molar-refractivity contribution in [3.8, 4) is 11.8 Å². The maximum atomic E-state index is 13.9. The van der Waals surface area contributed by atoms with Gasteiger partial charge in [0.25, 0.3) is 5.91 Å². The van der Waals surface area contributed by atoms with Gasteiger partial charge >= 0.3 is 0 Å². The van der Waals surface area contributed by atoms with Crippen LogP contribution in [0.4, 0.5) is 4.39 Å². The van der Waals surface area contributed by atoms with Crippen LogP contribution in [0.25, 0.3) is 0 Å². The maximum absolute atomic E-state index is 13.9. The van der Waals surface area contributed by atoms with Gasteiger partial charge in [0.2, 0.25) is 0 Å². The van der Waals surface area contributed by atoms with E-state index in [0.29, 0.717) is 11.5 Å². The molecule has 4 heteroatoms. The Labute approximate surface area is 125 Å². The Kier molecular flexibility index (Phi) is 6.39. The van der Waals surface area contributed by atoms with Crippen molar-refractivity contribution in [2.45, 2.75) is 33.2 Å². The summed E-state index contributed by atoms with van der Waals surface area (Å²) in [6.07, 6.45) is 0.855. The topological polar surface area (TPSA) is 40.5 Å². The molecule has 0 saturated carbocycles. The first-order valence-electron chi connectivity index (χ1n) is 7.03. The molecule has 0 aliphatic heterocycles. The van der Waals surface area contributed by atoms with E-state index in [4.69, 9.17) is 5.11 Å². The average Bonchev–Trinajstić information content (AvgIpc) is 2.44. The minimum absolute atomic E-state index is 0.0119. The molecule has 1 aromatic rings. The summed E-state index contributed by atoms with van der Waals surface area (Å²) in [6, 6.07) is 4.19. The van der Waals surface area contributed by atoms with Crippen LogP contribution in [0.3, 0.4) is 0 Å². The highest BCUT2D eigenvalue weighted by Gasteiger charge is 2.21. The van der Waals surface area contributed by atoms with Gasteiger partial charge in [-0.2, -0.15) is 0 Å². The van der Waals surface area contributed by atoms with Crippen molar-refractivity contribution < 1.29 is 14.3 Å². The van der Waals surface area contributed by atoms with Crippen LogP contribution in [0.1, 0.15) is 43.1 Å². The van der Waals surface area contributed by atoms with E-state index in [1.54, 1.807) is 11.9 Å². The van der Waals surface area contributed by atoms with Crippen molar-refractivity contribution in [1.29, 1.82) is 0 Å². The molecular formula is C17H22FNO2. The molecule has 1 amide bonds. The van der Waals surface area contributed by atoms with Gasteiger partial charge in [0.1, 0.15) is 12.4 Å². The maximum Gasteiger partial charge on any atom is 0.256 e. The van der Waals surface area contributed by atoms with Crippen molar-refractivity contribution in [1.82, 2.24) is 4.90 Å². The zero-order chi connectivity index (χ0) is 16.0. The highest BCUT2D eigenvalue weighted by atomic mass is 19.1. The summed E-state index contributed by atoms with van der Waals surface area (Å²) in [4.78, 5) is 14.0. The van der Waals surface area contributed by atoms with Gasteiger partial charge in [0.05, 0.1) is 5.56 Å². The van der Waals surface area contributed by atoms with E-state index >= 15 is 0 Å². The summed E-state index contributed by atoms with van der Waals surface area (Å²) in [5.41, 5.74) is 0.525. The van der Waals surface area contributed by atoms with Gasteiger partial charge in [-0.25, -0.2) is 4.39 Å². The highest BCUT2D eigenvalue weighted by Crippen LogP contribution is 2.16. The zero-order valence-electron chi connectivity index (χ0n) is 13.0. The summed E-state index contributed by atoms with van der Waals surface area (Å²) in [7, 11) is 1.68. The average molecular weight is 291 g/mol. The summed E-state index contributed by atoms with van der Waals surface area (Å²) in [5, 5.41) is 8.68. The van der Waals surface area contributed by atoms with E-state index < -0.39 is 5.82 Å². The molecule has 0 aromatic heterocycles. The van der Waals surface area contributed by atoms with Crippen LogP contribution in [0, 0.1) is 23.6 Å². The van der Waals surface area contributed by atoms with Gasteiger partial charge in [-0.05, 0) is 37.5 Å². The number of benzene rings is 1. The molecule has 0 heterocycles. The zero-order valence-corrected chi connectivity index (χ0v) is 13.0. The molecule has 21 heavy (non-hydrogen) atoms. The second-order valence-electron chi connectivity index (χ2n) is 5.55. The first-order chi connectivity index (χ1) is 9.86. The van der Waals surface area contributed by atoms with E-state index in [0.717, 1.165) is 6.42 Å². The van der Waals surface area contributed by atoms with Gasteiger partial charge in [0.15, 0.2) is 0 Å². The van der Waals surface area contributed by atoms with E-state index in [9.17, 15) is 9.18 Å². The Hall–Kier alpha value is -1.86. The lowest BCUT2D eigenvalue weighted by Gasteiger charge is -2.26. The molecule has 0 bridgehead atoms. The lowest BCUT2D eigenvalue weighted by atomic mass is 10.0. The van der Waals surface area contributed by atoms with Gasteiger partial charge in [-0.1, -0.05) is 25.7 Å². The van der Waals surface area contributed by atoms with Gasteiger partial charge in [-0.3, -0.25) is 4.79 Å². The fourth-order valence-electron chi connectivity index (χ4n) is 2.14. The number of nitrogens with zero attached hydrogens (tertiary/aromatic N) is 1. The number of halogens is 1. The van der Waals surface area contributed by atoms with E-state index in [1.807, 2.05) is 6.92 Å². The first kappa shape index (κ1) is 17.2. The smallest absolute Gasteiger partial charge is 0.256 e. The fourth-order valence-corrected chi connectivity index (χ4v) is 2.14. The Morgan fingerprint density at radius 2 is 2.05 bits per heavy atom. The summed E-state index contributed by atoms with van der Waals surface area (Å²) in [6.45, 7) is 5.85. The molecule has 1 atom stereocenters. The molecule has 3 nitrogen and oxygen atoms in total. The predicted octanol–water partition coefficient (Wildman–Crippen LogP) is 2.68. The monoisotopic (exact) mass is 291 g/mol. The molecule has 0 fully saturated rings. The summed E-state index contributed by atoms with van der Waals surface area (Å²) < 4.78 is 13.9. The van der Waals surface area contributed by atoms with Gasteiger partial charge in [-0.15, -0.1) is 0 Å². The Balaban J connectivity index is 3.00. The van der Waals surface area contributed by atoms with Crippen molar-refractivity contribution in [3.05, 3.63) is 35.1 Å². The quantitative estimate of drug-likeness (QED) is 0.866. The molecule has 0 aliphatic carbocycles. The fraction of sp³-hybridized carbons (Fsp3) is 0.471. The Morgan fingerprint density at radius 3 is 2.62 bits per heavy atom. The molecular weight excluding hydrogens is 269 g/mol. The second-order valence-corrected chi connectivity index (χ2v) is 5.55. The second kappa shape index (κ2) is 7.80. The lowest BCUT2D eigenvalue weighted by Crippen LogP contribution is -2.36. The van der Waals surface area contributed by atoms with Crippen molar-refractivity contribution in [2.75, 3.05) is 13.7 Å². The van der Waals surface area contributed by atoms with Crippen LogP contribution in [0.15, 0.2) is 18.2 Å². The third kappa shape index (κ3) is 4.87. The molecule has 1 unspecified atom stereocenters. The Morgan fingerprint density at radius 1 is 1.38 bits per heavy atom. The normalized spacial score (nSPS) is 11.8. The standard InChI is InChI=1S/C17H22FNO2/c1-12(2)10-13(3)19(4)17(21)15-11-14(6-5-9-20)7-8-16(15)18/h7-8,11-13,20H,9-10H2,1-4H3. The van der Waals surface area contributed by atoms with Crippen molar-refractivity contribution >= 4 is 5.91 Å². The highest BCUT2D eigenvalue weighted by molar-refractivity contribution is 5.94. The molecule has 0 saturated heterocycles. The Bertz CT molecular complexity index is 558. The van der Waals surface area contributed by atoms with Crippen LogP contribution in [0.2, 0.25) is 0 Å². The lowest BCUT2D eigenvalue weighted by molar-refractivity contribution is 0.0723. The summed E-state index contributed by atoms with van der Waals surface area (Å²) >= 11 is 0. The number of hydrogen-bond donors (Lipinski definition) is 1. The number of carbonyl (C=O) groups is 1. The molecule has 114 valence electrons. The molecule has 0 spiro atoms. The largest absolute Gasteiger partial charge is 0.384 e. The molecule has 0 radical (unpaired) electrons. The van der Waals surface area contributed by atoms with Crippen LogP contribution < -0.4 is 0 Å². The SMILES string of the molecule is CC(C)CC(C)N(C)C(=O)c1cc(C#CCO)ccc1F. The molecule has 1 aromatic carbocycles. The number of hydrogen-bond acceptors (Lipinski definition) is 2. The molecule has 1 N–H and O–H groups in total. The van der Waals surface area contributed by atoms with Crippen LogP contribution in [-0.4, -0.2) is 35.6 Å². The van der Waals surface area contributed by atoms with E-state index in [-0.39, 0.29) is 24.1 Å². The number of aliphatic hydroxyl groups excluding tert-OH is 1. The van der Waals surface area contributed by atoms with E-state index in [1.165, 1.54) is 18.2 Å². The minimum Gasteiger partial charge on any atom is -0.384 e. The number of amides is 1. The van der Waals surface area contributed by atoms with E-state index in [2.05, 4.69) is 25.7 Å². The summed E-state index contributed by atoms with van der Waals surface area (Å²) in [5.74, 6) is 4.72. The van der Waals surface area contributed by atoms with Gasteiger partial charge in [0, 0.05) is 18.7 Å².